The summed E-state index contributed by atoms with van der Waals surface area (Å²) in [6, 6.07) is 0. The van der Waals surface area contributed by atoms with Gasteiger partial charge in [-0.05, 0) is 107 Å². The van der Waals surface area contributed by atoms with Crippen molar-refractivity contribution in [2.45, 2.75) is 169 Å². The summed E-state index contributed by atoms with van der Waals surface area (Å²) >= 11 is 0. The van der Waals surface area contributed by atoms with Gasteiger partial charge in [0, 0.05) is 50.6 Å². The van der Waals surface area contributed by atoms with Crippen molar-refractivity contribution in [1.82, 2.24) is 0 Å². The maximum Gasteiger partial charge on any atom is 0.0621 e. The first kappa shape index (κ1) is 41.9. The third-order valence-corrected chi connectivity index (χ3v) is 22.8. The van der Waals surface area contributed by atoms with Crippen LogP contribution in [0.1, 0.15) is 124 Å². The fourth-order valence-electron chi connectivity index (χ4n) is 5.81. The van der Waals surface area contributed by atoms with Crippen LogP contribution < -0.4 is 0 Å². The smallest absolute Gasteiger partial charge is 0.0621 e. The molecule has 0 rings (SSSR count). The van der Waals surface area contributed by atoms with Crippen LogP contribution in [-0.4, -0.2) is 69.9 Å². The second-order valence-corrected chi connectivity index (χ2v) is 28.5. The van der Waals surface area contributed by atoms with Crippen molar-refractivity contribution in [2.24, 2.45) is 0 Å². The molecule has 5 heteroatoms. The molecule has 0 fully saturated rings. The summed E-state index contributed by atoms with van der Waals surface area (Å²) in [5, 5.41) is 0. The van der Waals surface area contributed by atoms with E-state index < -0.39 is 0 Å². The Morgan fingerprint density at radius 1 is 0.400 bits per heavy atom. The molecular weight excluding hydrogens is 591 g/mol. The van der Waals surface area contributed by atoms with Gasteiger partial charge in [0.25, 0.3) is 0 Å². The quantitative estimate of drug-likeness (QED) is 0.114. The zero-order valence-corrected chi connectivity index (χ0v) is 32.6. The van der Waals surface area contributed by atoms with Crippen molar-refractivity contribution in [3.05, 3.63) is 0 Å². The van der Waals surface area contributed by atoms with Crippen LogP contribution in [0.5, 0.6) is 0 Å². The first-order chi connectivity index (χ1) is 15.5. The molecule has 0 aliphatic carbocycles. The van der Waals surface area contributed by atoms with Crippen molar-refractivity contribution in [1.29, 1.82) is 0 Å². The van der Waals surface area contributed by atoms with Crippen LogP contribution in [0.4, 0.5) is 0 Å². The average molecular weight is 662 g/mol. The van der Waals surface area contributed by atoms with E-state index in [1.165, 1.54) is 25.2 Å². The van der Waals surface area contributed by atoms with E-state index in [1.807, 2.05) is 0 Å². The maximum atomic E-state index is 2.44. The number of rotatable bonds is 16. The SMILES string of the molecule is CC(C)P(CCC[PH+](C(C)C)C(C)C)C(C)C.CC(C)[PH+](CCC[PH+](C(C)C)C(C)C)C(C)C.[Pd]. The Morgan fingerprint density at radius 2 is 0.629 bits per heavy atom. The van der Waals surface area contributed by atoms with Crippen LogP contribution in [0, 0.1) is 0 Å². The van der Waals surface area contributed by atoms with Gasteiger partial charge < -0.3 is 0 Å². The van der Waals surface area contributed by atoms with Gasteiger partial charge in [-0.1, -0.05) is 27.7 Å². The van der Waals surface area contributed by atoms with E-state index in [2.05, 4.69) is 111 Å². The molecule has 0 saturated heterocycles. The third-order valence-electron chi connectivity index (χ3n) is 7.59. The molecule has 0 bridgehead atoms. The van der Waals surface area contributed by atoms with E-state index >= 15 is 0 Å². The standard InChI is InChI=1S/2C15H34P2.Pd/c2*1-12(2)16(13(3)4)10-9-11-17(14(5)6)15(7)8;/h2*12-15H,9-11H2,1-8H3;/p+3. The molecule has 0 amide bonds. The minimum absolute atomic E-state index is 0. The third kappa shape index (κ3) is 20.0. The van der Waals surface area contributed by atoms with Crippen molar-refractivity contribution >= 4 is 31.7 Å². The van der Waals surface area contributed by atoms with E-state index in [9.17, 15) is 0 Å². The van der Waals surface area contributed by atoms with Crippen LogP contribution in [0.2, 0.25) is 0 Å². The normalized spacial score (nSPS) is 12.7. The average Bonchev–Trinajstić information content (AvgIpc) is 2.65. The van der Waals surface area contributed by atoms with E-state index in [1.54, 1.807) is 12.3 Å². The summed E-state index contributed by atoms with van der Waals surface area (Å²) < 4.78 is 0. The second kappa shape index (κ2) is 23.1. The predicted octanol–water partition coefficient (Wildman–Crippen LogP) is 11.1. The van der Waals surface area contributed by atoms with Gasteiger partial charge in [0.2, 0.25) is 0 Å². The second-order valence-electron chi connectivity index (χ2n) is 13.0. The zero-order valence-electron chi connectivity index (χ0n) is 27.1. The van der Waals surface area contributed by atoms with Gasteiger partial charge >= 0.3 is 0 Å². The summed E-state index contributed by atoms with van der Waals surface area (Å²) in [5.41, 5.74) is 7.54. The topological polar surface area (TPSA) is 0 Å². The Morgan fingerprint density at radius 3 is 0.829 bits per heavy atom. The molecule has 0 unspecified atom stereocenters. The molecular formula is C30H71P4Pd+3. The summed E-state index contributed by atoms with van der Waals surface area (Å²) in [4.78, 5) is 0. The van der Waals surface area contributed by atoms with Gasteiger partial charge in [-0.2, -0.15) is 0 Å². The van der Waals surface area contributed by atoms with Crippen molar-refractivity contribution < 1.29 is 20.4 Å². The number of hydrogen-bond acceptors (Lipinski definition) is 0. The van der Waals surface area contributed by atoms with E-state index in [4.69, 9.17) is 0 Å². The van der Waals surface area contributed by atoms with Crippen LogP contribution in [-0.2, 0) is 20.4 Å². The van der Waals surface area contributed by atoms with Gasteiger partial charge in [-0.15, -0.1) is 7.92 Å². The van der Waals surface area contributed by atoms with E-state index in [0.717, 1.165) is 45.3 Å². The molecule has 0 nitrogen and oxygen atoms in total. The zero-order chi connectivity index (χ0) is 27.2. The molecule has 0 atom stereocenters. The van der Waals surface area contributed by atoms with Crippen LogP contribution >= 0.6 is 31.7 Å². The Labute approximate surface area is 244 Å². The molecule has 0 N–H and O–H groups in total. The maximum absolute atomic E-state index is 2.44. The molecule has 0 saturated carbocycles. The monoisotopic (exact) mass is 661 g/mol. The molecule has 0 radical (unpaired) electrons. The molecule has 0 heterocycles. The van der Waals surface area contributed by atoms with Crippen LogP contribution in [0.3, 0.4) is 0 Å². The number of hydrogen-bond donors (Lipinski definition) is 0. The van der Waals surface area contributed by atoms with Gasteiger partial charge in [-0.25, -0.2) is 0 Å². The van der Waals surface area contributed by atoms with Crippen molar-refractivity contribution in [3.8, 4) is 0 Å². The molecule has 0 aliphatic heterocycles. The van der Waals surface area contributed by atoms with Gasteiger partial charge in [0.05, 0.1) is 52.4 Å². The van der Waals surface area contributed by atoms with Crippen LogP contribution in [0.15, 0.2) is 0 Å². The molecule has 0 aromatic heterocycles. The van der Waals surface area contributed by atoms with Crippen molar-refractivity contribution in [3.63, 3.8) is 0 Å². The first-order valence-electron chi connectivity index (χ1n) is 14.9. The largest absolute Gasteiger partial charge is 0.101 e. The summed E-state index contributed by atoms with van der Waals surface area (Å²) in [5.74, 6) is 0. The Kier molecular flexibility index (Phi) is 27.7. The molecule has 35 heavy (non-hydrogen) atoms. The fraction of sp³-hybridized carbons (Fsp3) is 1.00. The van der Waals surface area contributed by atoms with Gasteiger partial charge in [0.1, 0.15) is 0 Å². The van der Waals surface area contributed by atoms with Gasteiger partial charge in [-0.3, -0.25) is 0 Å². The molecule has 0 spiro atoms. The Balaban J connectivity index is -0.000000569. The summed E-state index contributed by atoms with van der Waals surface area (Å²) in [6.07, 6.45) is 9.15. The minimum Gasteiger partial charge on any atom is -0.101 e. The van der Waals surface area contributed by atoms with Gasteiger partial charge in [0.15, 0.2) is 0 Å². The molecule has 0 aromatic rings. The summed E-state index contributed by atoms with van der Waals surface area (Å²) in [6.45, 7) is 38.9. The van der Waals surface area contributed by atoms with Crippen LogP contribution in [0.25, 0.3) is 0 Å². The van der Waals surface area contributed by atoms with E-state index in [0.29, 0.717) is 0 Å². The predicted molar refractivity (Wildman–Crippen MR) is 182 cm³/mol. The Hall–Kier alpha value is 2.38. The minimum atomic E-state index is -0.115. The first-order valence-corrected chi connectivity index (χ1v) is 22.1. The molecule has 0 aliphatic rings. The molecule has 0 aromatic carbocycles. The van der Waals surface area contributed by atoms with E-state index in [-0.39, 0.29) is 52.1 Å². The Bertz CT molecular complexity index is 347. The van der Waals surface area contributed by atoms with Crippen molar-refractivity contribution in [2.75, 3.05) is 24.6 Å². The molecule has 218 valence electrons. The summed E-state index contributed by atoms with van der Waals surface area (Å²) in [7, 11) is -0.0634. The fourth-order valence-corrected chi connectivity index (χ4v) is 18.4.